The molecule has 1 aliphatic rings. The van der Waals surface area contributed by atoms with E-state index in [4.69, 9.17) is 19.2 Å². The molecule has 0 radical (unpaired) electrons. The molecule has 6 nitrogen and oxygen atoms in total. The predicted octanol–water partition coefficient (Wildman–Crippen LogP) is 5.34. The summed E-state index contributed by atoms with van der Waals surface area (Å²) in [5.41, 5.74) is 5.23. The second kappa shape index (κ2) is 9.06. The summed E-state index contributed by atoms with van der Waals surface area (Å²) in [4.78, 5) is 18.4. The highest BCUT2D eigenvalue weighted by Crippen LogP contribution is 2.41. The van der Waals surface area contributed by atoms with Crippen LogP contribution in [-0.4, -0.2) is 32.2 Å². The van der Waals surface area contributed by atoms with Crippen LogP contribution in [0.15, 0.2) is 66.7 Å². The van der Waals surface area contributed by atoms with E-state index in [1.165, 1.54) is 11.1 Å². The number of rotatable bonds is 6. The Bertz CT molecular complexity index is 1360. The zero-order valence-corrected chi connectivity index (χ0v) is 19.4. The van der Waals surface area contributed by atoms with Crippen LogP contribution < -0.4 is 19.5 Å². The number of hydrogen-bond donors (Lipinski definition) is 1. The van der Waals surface area contributed by atoms with Gasteiger partial charge >= 0.3 is 0 Å². The fraction of sp³-hybridized carbons (Fsp3) is 0.214. The highest BCUT2D eigenvalue weighted by atomic mass is 16.5. The second-order valence-corrected chi connectivity index (χ2v) is 8.25. The number of amides is 1. The summed E-state index contributed by atoms with van der Waals surface area (Å²) in [5, 5.41) is 4.06. The number of pyridine rings is 1. The van der Waals surface area contributed by atoms with Gasteiger partial charge in [-0.05, 0) is 48.2 Å². The molecule has 0 saturated heterocycles. The van der Waals surface area contributed by atoms with Gasteiger partial charge in [0.2, 0.25) is 5.75 Å². The molecule has 0 bridgehead atoms. The number of aromatic nitrogens is 1. The number of carbonyl (C=O) groups is 1. The molecule has 1 N–H and O–H groups in total. The van der Waals surface area contributed by atoms with E-state index in [-0.39, 0.29) is 11.9 Å². The summed E-state index contributed by atoms with van der Waals surface area (Å²) in [5.74, 6) is 1.45. The molecule has 1 aromatic heterocycles. The quantitative estimate of drug-likeness (QED) is 0.426. The monoisotopic (exact) mass is 454 g/mol. The first-order valence-corrected chi connectivity index (χ1v) is 11.2. The van der Waals surface area contributed by atoms with Gasteiger partial charge in [-0.15, -0.1) is 0 Å². The van der Waals surface area contributed by atoms with E-state index in [0.29, 0.717) is 28.5 Å². The summed E-state index contributed by atoms with van der Waals surface area (Å²) in [6, 6.07) is 21.5. The molecule has 0 fully saturated rings. The molecule has 1 amide bonds. The molecular weight excluding hydrogens is 428 g/mol. The Hall–Kier alpha value is -4.06. The number of ether oxygens (including phenoxy) is 3. The van der Waals surface area contributed by atoms with Gasteiger partial charge < -0.3 is 19.5 Å². The molecule has 4 aromatic rings. The maximum absolute atomic E-state index is 13.5. The summed E-state index contributed by atoms with van der Waals surface area (Å²) < 4.78 is 16.5. The predicted molar refractivity (Wildman–Crippen MR) is 132 cm³/mol. The molecule has 5 rings (SSSR count). The smallest absolute Gasteiger partial charge is 0.252 e. The van der Waals surface area contributed by atoms with E-state index < -0.39 is 0 Å². The van der Waals surface area contributed by atoms with Crippen LogP contribution in [-0.2, 0) is 6.42 Å². The molecule has 1 aliphatic carbocycles. The number of aryl methyl sites for hydroxylation is 1. The first-order chi connectivity index (χ1) is 16.6. The molecule has 172 valence electrons. The van der Waals surface area contributed by atoms with Gasteiger partial charge in [-0.25, -0.2) is 4.98 Å². The minimum Gasteiger partial charge on any atom is -0.493 e. The molecule has 0 aliphatic heterocycles. The highest BCUT2D eigenvalue weighted by molar-refractivity contribution is 6.07. The maximum atomic E-state index is 13.5. The number of carbonyl (C=O) groups excluding carboxylic acids is 1. The molecule has 34 heavy (non-hydrogen) atoms. The zero-order valence-electron chi connectivity index (χ0n) is 19.4. The molecule has 6 heteroatoms. The lowest BCUT2D eigenvalue weighted by molar-refractivity contribution is 0.0938. The fourth-order valence-electron chi connectivity index (χ4n) is 4.68. The van der Waals surface area contributed by atoms with Crippen molar-refractivity contribution in [1.29, 1.82) is 0 Å². The van der Waals surface area contributed by atoms with Crippen molar-refractivity contribution in [1.82, 2.24) is 10.3 Å². The van der Waals surface area contributed by atoms with Gasteiger partial charge in [0.25, 0.3) is 5.91 Å². The largest absolute Gasteiger partial charge is 0.493 e. The number of fused-ring (bicyclic) bond motifs is 2. The average molecular weight is 455 g/mol. The van der Waals surface area contributed by atoms with E-state index in [1.807, 2.05) is 54.6 Å². The number of nitrogens with one attached hydrogen (secondary N) is 1. The fourth-order valence-corrected chi connectivity index (χ4v) is 4.68. The molecular formula is C28H26N2O4. The van der Waals surface area contributed by atoms with Crippen molar-refractivity contribution < 1.29 is 19.0 Å². The third-order valence-electron chi connectivity index (χ3n) is 6.36. The van der Waals surface area contributed by atoms with Gasteiger partial charge in [-0.2, -0.15) is 0 Å². The lowest BCUT2D eigenvalue weighted by Crippen LogP contribution is -2.27. The van der Waals surface area contributed by atoms with Crippen molar-refractivity contribution in [3.63, 3.8) is 0 Å². The minimum absolute atomic E-state index is 0.000233. The molecule has 0 spiro atoms. The second-order valence-electron chi connectivity index (χ2n) is 8.25. The standard InChI is InChI=1S/C28H26N2O4/c1-32-25-14-18(15-26(33-2)27(25)34-3)24-16-21(20-10-6-7-11-22(20)29-24)28(31)30-23-13-12-17-8-4-5-9-19(17)23/h4-11,14-16,23H,12-13H2,1-3H3,(H,30,31)/t23-/m0/s1. The number of hydrogen-bond acceptors (Lipinski definition) is 5. The van der Waals surface area contributed by atoms with Gasteiger partial charge in [0.15, 0.2) is 11.5 Å². The van der Waals surface area contributed by atoms with Crippen molar-refractivity contribution in [2.45, 2.75) is 18.9 Å². The number of benzene rings is 3. The van der Waals surface area contributed by atoms with Crippen molar-refractivity contribution in [3.05, 3.63) is 83.4 Å². The SMILES string of the molecule is COc1cc(-c2cc(C(=O)N[C@H]3CCc4ccccc43)c3ccccc3n2)cc(OC)c1OC. The Kier molecular flexibility index (Phi) is 5.80. The van der Waals surface area contributed by atoms with Crippen LogP contribution in [0.2, 0.25) is 0 Å². The van der Waals surface area contributed by atoms with E-state index in [1.54, 1.807) is 21.3 Å². The third kappa shape index (κ3) is 3.81. The van der Waals surface area contributed by atoms with Crippen molar-refractivity contribution in [3.8, 4) is 28.5 Å². The minimum atomic E-state index is -0.117. The average Bonchev–Trinajstić information content (AvgIpc) is 3.29. The van der Waals surface area contributed by atoms with Gasteiger partial charge in [0.05, 0.1) is 44.1 Å². The number of methoxy groups -OCH3 is 3. The maximum Gasteiger partial charge on any atom is 0.252 e. The van der Waals surface area contributed by atoms with Crippen LogP contribution in [0.4, 0.5) is 0 Å². The normalized spacial score (nSPS) is 14.5. The summed E-state index contributed by atoms with van der Waals surface area (Å²) in [6.07, 6.45) is 1.86. The van der Waals surface area contributed by atoms with Gasteiger partial charge in [-0.3, -0.25) is 4.79 Å². The van der Waals surface area contributed by atoms with Crippen LogP contribution in [0.5, 0.6) is 17.2 Å². The first kappa shape index (κ1) is 21.8. The van der Waals surface area contributed by atoms with E-state index in [0.717, 1.165) is 29.3 Å². The molecule has 0 unspecified atom stereocenters. The van der Waals surface area contributed by atoms with Crippen molar-refractivity contribution >= 4 is 16.8 Å². The molecule has 3 aromatic carbocycles. The Morgan fingerprint density at radius 2 is 1.62 bits per heavy atom. The zero-order chi connectivity index (χ0) is 23.7. The van der Waals surface area contributed by atoms with Gasteiger partial charge in [0, 0.05) is 10.9 Å². The lowest BCUT2D eigenvalue weighted by Gasteiger charge is -2.17. The van der Waals surface area contributed by atoms with Crippen LogP contribution in [0.1, 0.15) is 33.9 Å². The number of para-hydroxylation sites is 1. The molecule has 1 heterocycles. The van der Waals surface area contributed by atoms with Gasteiger partial charge in [-0.1, -0.05) is 42.5 Å². The lowest BCUT2D eigenvalue weighted by atomic mass is 10.0. The topological polar surface area (TPSA) is 69.7 Å². The Morgan fingerprint density at radius 3 is 2.35 bits per heavy atom. The third-order valence-corrected chi connectivity index (χ3v) is 6.36. The van der Waals surface area contributed by atoms with E-state index in [9.17, 15) is 4.79 Å². The molecule has 0 saturated carbocycles. The van der Waals surface area contributed by atoms with Crippen molar-refractivity contribution in [2.75, 3.05) is 21.3 Å². The van der Waals surface area contributed by atoms with E-state index >= 15 is 0 Å². The van der Waals surface area contributed by atoms with Crippen LogP contribution in [0, 0.1) is 0 Å². The number of nitrogens with zero attached hydrogens (tertiary/aromatic N) is 1. The summed E-state index contributed by atoms with van der Waals surface area (Å²) in [7, 11) is 4.72. The Balaban J connectivity index is 1.58. The van der Waals surface area contributed by atoms with E-state index in [2.05, 4.69) is 17.4 Å². The summed E-state index contributed by atoms with van der Waals surface area (Å²) >= 11 is 0. The van der Waals surface area contributed by atoms with Crippen molar-refractivity contribution in [2.24, 2.45) is 0 Å². The Labute approximate surface area is 198 Å². The highest BCUT2D eigenvalue weighted by Gasteiger charge is 2.25. The summed E-state index contributed by atoms with van der Waals surface area (Å²) in [6.45, 7) is 0. The Morgan fingerprint density at radius 1 is 0.912 bits per heavy atom. The van der Waals surface area contributed by atoms with Gasteiger partial charge in [0.1, 0.15) is 0 Å². The van der Waals surface area contributed by atoms with Crippen LogP contribution >= 0.6 is 0 Å². The van der Waals surface area contributed by atoms with Crippen LogP contribution in [0.25, 0.3) is 22.2 Å². The first-order valence-electron chi connectivity index (χ1n) is 11.2. The molecule has 1 atom stereocenters. The van der Waals surface area contributed by atoms with Crippen LogP contribution in [0.3, 0.4) is 0 Å².